The third-order valence-electron chi connectivity index (χ3n) is 8.04. The van der Waals surface area contributed by atoms with Crippen LogP contribution in [0.1, 0.15) is 24.8 Å². The summed E-state index contributed by atoms with van der Waals surface area (Å²) in [7, 11) is 1.62. The molecule has 1 amide bonds. The van der Waals surface area contributed by atoms with E-state index in [0.29, 0.717) is 49.2 Å². The molecule has 0 aliphatic carbocycles. The molecule has 4 N–H and O–H groups in total. The average Bonchev–Trinajstić information content (AvgIpc) is 3.04. The van der Waals surface area contributed by atoms with Gasteiger partial charge in [0.25, 0.3) is 0 Å². The highest BCUT2D eigenvalue weighted by Gasteiger charge is 2.36. The van der Waals surface area contributed by atoms with Gasteiger partial charge >= 0.3 is 0 Å². The fourth-order valence-corrected chi connectivity index (χ4v) is 5.88. The summed E-state index contributed by atoms with van der Waals surface area (Å²) in [4.78, 5) is 15.3. The third kappa shape index (κ3) is 6.21. The Kier molecular flexibility index (Phi) is 9.55. The lowest BCUT2D eigenvalue weighted by Crippen LogP contribution is -2.61. The first-order valence-corrected chi connectivity index (χ1v) is 14.5. The smallest absolute Gasteiger partial charge is 0.238 e. The summed E-state index contributed by atoms with van der Waals surface area (Å²) in [6, 6.07) is 17.2. The SMILES string of the molecule is COc1cc(-c2cccc(-c3ccc4c(c3)OCCO4)c2Cl)ccc1CN1CCCCC1C(=O)NC(CO)(CO)CO. The van der Waals surface area contributed by atoms with Crippen LogP contribution in [0, 0.1) is 0 Å². The highest BCUT2D eigenvalue weighted by Crippen LogP contribution is 2.41. The number of fused-ring (bicyclic) bond motifs is 1. The zero-order valence-electron chi connectivity index (χ0n) is 23.6. The Balaban J connectivity index is 1.39. The Labute approximate surface area is 250 Å². The van der Waals surface area contributed by atoms with Crippen LogP contribution in [0.25, 0.3) is 22.3 Å². The van der Waals surface area contributed by atoms with Crippen molar-refractivity contribution in [1.82, 2.24) is 10.2 Å². The largest absolute Gasteiger partial charge is 0.496 e. The normalized spacial score (nSPS) is 17.1. The summed E-state index contributed by atoms with van der Waals surface area (Å²) < 4.78 is 17.2. The second kappa shape index (κ2) is 13.3. The lowest BCUT2D eigenvalue weighted by atomic mass is 9.96. The molecule has 3 aromatic rings. The predicted octanol–water partition coefficient (Wildman–Crippen LogP) is 3.64. The van der Waals surface area contributed by atoms with Gasteiger partial charge in [-0.1, -0.05) is 54.4 Å². The highest BCUT2D eigenvalue weighted by atomic mass is 35.5. The monoisotopic (exact) mass is 596 g/mol. The molecule has 10 heteroatoms. The third-order valence-corrected chi connectivity index (χ3v) is 8.44. The molecule has 2 heterocycles. The van der Waals surface area contributed by atoms with Crippen LogP contribution in [-0.4, -0.2) is 84.4 Å². The molecule has 9 nitrogen and oxygen atoms in total. The van der Waals surface area contributed by atoms with Crippen LogP contribution >= 0.6 is 11.6 Å². The van der Waals surface area contributed by atoms with Crippen LogP contribution in [0.5, 0.6) is 17.2 Å². The Hall–Kier alpha value is -3.34. The van der Waals surface area contributed by atoms with Crippen LogP contribution in [0.3, 0.4) is 0 Å². The number of carbonyl (C=O) groups is 1. The number of benzene rings is 3. The fourth-order valence-electron chi connectivity index (χ4n) is 5.54. The molecule has 42 heavy (non-hydrogen) atoms. The van der Waals surface area contributed by atoms with Crippen molar-refractivity contribution in [2.75, 3.05) is 46.7 Å². The van der Waals surface area contributed by atoms with Crippen molar-refractivity contribution < 1.29 is 34.3 Å². The number of ether oxygens (including phenoxy) is 3. The minimum absolute atomic E-state index is 0.329. The van der Waals surface area contributed by atoms with E-state index in [9.17, 15) is 20.1 Å². The quantitative estimate of drug-likeness (QED) is 0.280. The Morgan fingerprint density at radius 3 is 2.33 bits per heavy atom. The number of hydrogen-bond donors (Lipinski definition) is 4. The number of amides is 1. The van der Waals surface area contributed by atoms with Crippen LogP contribution in [0.15, 0.2) is 54.6 Å². The second-order valence-electron chi connectivity index (χ2n) is 10.8. The van der Waals surface area contributed by atoms with Gasteiger partial charge in [0.1, 0.15) is 24.5 Å². The van der Waals surface area contributed by atoms with Crippen molar-refractivity contribution in [2.24, 2.45) is 0 Å². The first kappa shape index (κ1) is 30.1. The molecule has 3 aromatic carbocycles. The van der Waals surface area contributed by atoms with E-state index in [0.717, 1.165) is 46.4 Å². The van der Waals surface area contributed by atoms with Gasteiger partial charge in [0.2, 0.25) is 5.91 Å². The molecule has 1 saturated heterocycles. The number of likely N-dealkylation sites (tertiary alicyclic amines) is 1. The zero-order chi connectivity index (χ0) is 29.7. The standard InChI is InChI=1S/C32H37ClN2O7/c1-40-28-15-21(24-5-4-6-25(30(24)33)22-10-11-27-29(16-22)42-14-13-41-27)8-9-23(28)17-35-12-3-2-7-26(35)31(39)34-32(18-36,19-37)20-38/h4-6,8-11,15-16,26,36-38H,2-3,7,12-14,17-20H2,1H3,(H,34,39). The number of nitrogens with zero attached hydrogens (tertiary/aromatic N) is 1. The molecule has 0 bridgehead atoms. The molecule has 0 saturated carbocycles. The number of hydrogen-bond acceptors (Lipinski definition) is 8. The van der Waals surface area contributed by atoms with E-state index in [2.05, 4.69) is 10.2 Å². The molecule has 5 rings (SSSR count). The van der Waals surface area contributed by atoms with Gasteiger partial charge in [0, 0.05) is 23.2 Å². The number of nitrogens with one attached hydrogen (secondary N) is 1. The minimum atomic E-state index is -1.47. The number of rotatable bonds is 10. The first-order valence-electron chi connectivity index (χ1n) is 14.2. The molecule has 1 unspecified atom stereocenters. The van der Waals surface area contributed by atoms with Gasteiger partial charge < -0.3 is 34.8 Å². The van der Waals surface area contributed by atoms with Gasteiger partial charge in [-0.2, -0.15) is 0 Å². The number of aliphatic hydroxyl groups excluding tert-OH is 3. The van der Waals surface area contributed by atoms with E-state index in [1.165, 1.54) is 0 Å². The van der Waals surface area contributed by atoms with E-state index in [1.807, 2.05) is 54.6 Å². The van der Waals surface area contributed by atoms with Crippen molar-refractivity contribution in [3.63, 3.8) is 0 Å². The van der Waals surface area contributed by atoms with Crippen LogP contribution in [0.4, 0.5) is 0 Å². The van der Waals surface area contributed by atoms with E-state index >= 15 is 0 Å². The van der Waals surface area contributed by atoms with Gasteiger partial charge in [0.05, 0.1) is 38.0 Å². The maximum absolute atomic E-state index is 13.2. The molecular formula is C32H37ClN2O7. The molecule has 1 atom stereocenters. The molecule has 2 aliphatic rings. The molecule has 1 fully saturated rings. The average molecular weight is 597 g/mol. The fraction of sp³-hybridized carbons (Fsp3) is 0.406. The van der Waals surface area contributed by atoms with Crippen molar-refractivity contribution in [3.8, 4) is 39.5 Å². The number of methoxy groups -OCH3 is 1. The molecule has 0 spiro atoms. The summed E-state index contributed by atoms with van der Waals surface area (Å²) in [5.41, 5.74) is 3.01. The summed E-state index contributed by atoms with van der Waals surface area (Å²) >= 11 is 6.98. The predicted molar refractivity (Wildman–Crippen MR) is 160 cm³/mol. The van der Waals surface area contributed by atoms with Crippen LogP contribution < -0.4 is 19.5 Å². The number of halogens is 1. The maximum Gasteiger partial charge on any atom is 0.238 e. The second-order valence-corrected chi connectivity index (χ2v) is 11.2. The lowest BCUT2D eigenvalue weighted by Gasteiger charge is -2.38. The lowest BCUT2D eigenvalue weighted by molar-refractivity contribution is -0.132. The molecule has 2 aliphatic heterocycles. The van der Waals surface area contributed by atoms with E-state index < -0.39 is 31.4 Å². The van der Waals surface area contributed by atoms with Crippen molar-refractivity contribution >= 4 is 17.5 Å². The molecular weight excluding hydrogens is 560 g/mol. The summed E-state index contributed by atoms with van der Waals surface area (Å²) in [5, 5.41) is 32.3. The van der Waals surface area contributed by atoms with Crippen molar-refractivity contribution in [2.45, 2.75) is 37.4 Å². The van der Waals surface area contributed by atoms with Gasteiger partial charge in [-0.3, -0.25) is 9.69 Å². The van der Waals surface area contributed by atoms with Crippen molar-refractivity contribution in [1.29, 1.82) is 0 Å². The Morgan fingerprint density at radius 1 is 0.976 bits per heavy atom. The van der Waals surface area contributed by atoms with Gasteiger partial charge in [-0.25, -0.2) is 0 Å². The Bertz CT molecular complexity index is 1400. The highest BCUT2D eigenvalue weighted by molar-refractivity contribution is 6.36. The Morgan fingerprint density at radius 2 is 1.64 bits per heavy atom. The van der Waals surface area contributed by atoms with Crippen molar-refractivity contribution in [3.05, 3.63) is 65.2 Å². The van der Waals surface area contributed by atoms with Crippen LogP contribution in [-0.2, 0) is 11.3 Å². The number of carbonyl (C=O) groups excluding carboxylic acids is 1. The summed E-state index contributed by atoms with van der Waals surface area (Å²) in [6.45, 7) is 0.524. The van der Waals surface area contributed by atoms with Gasteiger partial charge in [-0.05, 0) is 48.7 Å². The first-order chi connectivity index (χ1) is 20.4. The number of aliphatic hydroxyl groups is 3. The topological polar surface area (TPSA) is 121 Å². The molecule has 0 aromatic heterocycles. The van der Waals surface area contributed by atoms with Gasteiger partial charge in [-0.15, -0.1) is 0 Å². The van der Waals surface area contributed by atoms with E-state index in [-0.39, 0.29) is 5.91 Å². The van der Waals surface area contributed by atoms with E-state index in [4.69, 9.17) is 25.8 Å². The zero-order valence-corrected chi connectivity index (χ0v) is 24.4. The van der Waals surface area contributed by atoms with E-state index in [1.54, 1.807) is 7.11 Å². The van der Waals surface area contributed by atoms with Crippen LogP contribution in [0.2, 0.25) is 5.02 Å². The molecule has 224 valence electrons. The molecule has 0 radical (unpaired) electrons. The number of piperidine rings is 1. The van der Waals surface area contributed by atoms with Gasteiger partial charge in [0.15, 0.2) is 11.5 Å². The minimum Gasteiger partial charge on any atom is -0.496 e. The summed E-state index contributed by atoms with van der Waals surface area (Å²) in [5.74, 6) is 1.77. The maximum atomic E-state index is 13.2. The summed E-state index contributed by atoms with van der Waals surface area (Å²) in [6.07, 6.45) is 2.46.